The maximum absolute atomic E-state index is 12.2. The first-order chi connectivity index (χ1) is 8.48. The molecule has 2 heterocycles. The highest BCUT2D eigenvalue weighted by Gasteiger charge is 2.29. The van der Waals surface area contributed by atoms with Crippen LogP contribution in [0, 0.1) is 5.92 Å². The molecule has 4 nitrogen and oxygen atoms in total. The molecular weight excluding hydrogens is 250 g/mol. The van der Waals surface area contributed by atoms with E-state index in [0.717, 1.165) is 19.4 Å². The van der Waals surface area contributed by atoms with Gasteiger partial charge in [-0.2, -0.15) is 0 Å². The zero-order chi connectivity index (χ0) is 13.2. The van der Waals surface area contributed by atoms with Gasteiger partial charge in [0.15, 0.2) is 0 Å². The SMILES string of the molecule is CC1CCCCN1C(=O)CC1CCS(=O)(=O)CC1. The van der Waals surface area contributed by atoms with Crippen LogP contribution in [0.2, 0.25) is 0 Å². The van der Waals surface area contributed by atoms with Gasteiger partial charge in [-0.1, -0.05) is 0 Å². The first kappa shape index (κ1) is 13.8. The van der Waals surface area contributed by atoms with Gasteiger partial charge in [0.1, 0.15) is 9.84 Å². The Morgan fingerprint density at radius 2 is 1.83 bits per heavy atom. The van der Waals surface area contributed by atoms with Gasteiger partial charge in [0.05, 0.1) is 11.5 Å². The third kappa shape index (κ3) is 3.46. The minimum Gasteiger partial charge on any atom is -0.340 e. The summed E-state index contributed by atoms with van der Waals surface area (Å²) in [5.41, 5.74) is 0. The van der Waals surface area contributed by atoms with Gasteiger partial charge in [-0.05, 0) is 44.9 Å². The Balaban J connectivity index is 1.84. The second-order valence-electron chi connectivity index (χ2n) is 5.73. The van der Waals surface area contributed by atoms with Crippen molar-refractivity contribution >= 4 is 15.7 Å². The van der Waals surface area contributed by atoms with Crippen molar-refractivity contribution in [1.29, 1.82) is 0 Å². The average molecular weight is 273 g/mol. The number of hydrogen-bond donors (Lipinski definition) is 0. The standard InChI is InChI=1S/C13H23NO3S/c1-11-4-2-3-7-14(11)13(15)10-12-5-8-18(16,17)9-6-12/h11-12H,2-10H2,1H3. The minimum absolute atomic E-state index is 0.228. The van der Waals surface area contributed by atoms with Crippen molar-refractivity contribution in [1.82, 2.24) is 4.90 Å². The van der Waals surface area contributed by atoms with Gasteiger partial charge < -0.3 is 4.90 Å². The van der Waals surface area contributed by atoms with E-state index >= 15 is 0 Å². The van der Waals surface area contributed by atoms with E-state index in [2.05, 4.69) is 6.92 Å². The fourth-order valence-corrected chi connectivity index (χ4v) is 4.56. The van der Waals surface area contributed by atoms with E-state index < -0.39 is 9.84 Å². The molecule has 2 aliphatic heterocycles. The van der Waals surface area contributed by atoms with Crippen molar-refractivity contribution in [3.05, 3.63) is 0 Å². The predicted molar refractivity (Wildman–Crippen MR) is 71.0 cm³/mol. The van der Waals surface area contributed by atoms with Gasteiger partial charge in [0.25, 0.3) is 0 Å². The Kier molecular flexibility index (Phi) is 4.30. The van der Waals surface area contributed by atoms with E-state index in [-0.39, 0.29) is 23.3 Å². The molecule has 2 aliphatic rings. The fraction of sp³-hybridized carbons (Fsp3) is 0.923. The lowest BCUT2D eigenvalue weighted by molar-refractivity contribution is -0.135. The van der Waals surface area contributed by atoms with Crippen LogP contribution >= 0.6 is 0 Å². The van der Waals surface area contributed by atoms with Crippen LogP contribution < -0.4 is 0 Å². The van der Waals surface area contributed by atoms with E-state index in [0.29, 0.717) is 25.3 Å². The molecule has 0 radical (unpaired) electrons. The summed E-state index contributed by atoms with van der Waals surface area (Å²) in [6.07, 6.45) is 5.29. The van der Waals surface area contributed by atoms with Gasteiger partial charge in [-0.3, -0.25) is 4.79 Å². The maximum Gasteiger partial charge on any atom is 0.223 e. The van der Waals surface area contributed by atoms with Gasteiger partial charge in [-0.15, -0.1) is 0 Å². The van der Waals surface area contributed by atoms with Crippen molar-refractivity contribution in [2.24, 2.45) is 5.92 Å². The second-order valence-corrected chi connectivity index (χ2v) is 8.03. The Bertz CT molecular complexity index is 390. The molecular formula is C13H23NO3S. The topological polar surface area (TPSA) is 54.5 Å². The largest absolute Gasteiger partial charge is 0.340 e. The third-order valence-electron chi connectivity index (χ3n) is 4.26. The summed E-state index contributed by atoms with van der Waals surface area (Å²) in [5.74, 6) is 1.03. The molecule has 0 aromatic carbocycles. The zero-order valence-corrected chi connectivity index (χ0v) is 11.9. The molecule has 5 heteroatoms. The van der Waals surface area contributed by atoms with Crippen LogP contribution in [-0.2, 0) is 14.6 Å². The van der Waals surface area contributed by atoms with Crippen LogP contribution in [0.3, 0.4) is 0 Å². The van der Waals surface area contributed by atoms with Crippen molar-refractivity contribution in [2.75, 3.05) is 18.1 Å². The number of sulfone groups is 1. The molecule has 2 fully saturated rings. The summed E-state index contributed by atoms with van der Waals surface area (Å²) < 4.78 is 22.7. The number of piperidine rings is 1. The maximum atomic E-state index is 12.2. The van der Waals surface area contributed by atoms with Gasteiger partial charge >= 0.3 is 0 Å². The van der Waals surface area contributed by atoms with Crippen molar-refractivity contribution in [3.8, 4) is 0 Å². The predicted octanol–water partition coefficient (Wildman–Crippen LogP) is 1.60. The van der Waals surface area contributed by atoms with Crippen LogP contribution in [0.15, 0.2) is 0 Å². The molecule has 2 rings (SSSR count). The Labute approximate surface area is 110 Å². The first-order valence-electron chi connectivity index (χ1n) is 6.98. The molecule has 0 N–H and O–H groups in total. The average Bonchev–Trinajstić information content (AvgIpc) is 2.32. The van der Waals surface area contributed by atoms with Crippen molar-refractivity contribution in [2.45, 2.75) is 51.5 Å². The van der Waals surface area contributed by atoms with Crippen molar-refractivity contribution < 1.29 is 13.2 Å². The number of rotatable bonds is 2. The number of likely N-dealkylation sites (tertiary alicyclic amines) is 1. The summed E-state index contributed by atoms with van der Waals surface area (Å²) >= 11 is 0. The van der Waals surface area contributed by atoms with E-state index in [1.54, 1.807) is 0 Å². The van der Waals surface area contributed by atoms with Gasteiger partial charge in [0.2, 0.25) is 5.91 Å². The molecule has 0 spiro atoms. The highest BCUT2D eigenvalue weighted by atomic mass is 32.2. The summed E-state index contributed by atoms with van der Waals surface area (Å²) in [7, 11) is -2.81. The lowest BCUT2D eigenvalue weighted by Crippen LogP contribution is -2.43. The molecule has 1 atom stereocenters. The normalized spacial score (nSPS) is 29.2. The number of carbonyl (C=O) groups is 1. The Morgan fingerprint density at radius 3 is 2.44 bits per heavy atom. The summed E-state index contributed by atoms with van der Waals surface area (Å²) in [6.45, 7) is 2.99. The van der Waals surface area contributed by atoms with Crippen LogP contribution in [-0.4, -0.2) is 43.3 Å². The highest BCUT2D eigenvalue weighted by Crippen LogP contribution is 2.25. The number of hydrogen-bond acceptors (Lipinski definition) is 3. The van der Waals surface area contributed by atoms with E-state index in [4.69, 9.17) is 0 Å². The molecule has 1 amide bonds. The lowest BCUT2D eigenvalue weighted by atomic mass is 9.96. The quantitative estimate of drug-likeness (QED) is 0.768. The lowest BCUT2D eigenvalue weighted by Gasteiger charge is -2.35. The Morgan fingerprint density at radius 1 is 1.17 bits per heavy atom. The summed E-state index contributed by atoms with van der Waals surface area (Å²) in [5, 5.41) is 0. The van der Waals surface area contributed by atoms with Gasteiger partial charge in [0, 0.05) is 19.0 Å². The highest BCUT2D eigenvalue weighted by molar-refractivity contribution is 7.91. The Hall–Kier alpha value is -0.580. The third-order valence-corrected chi connectivity index (χ3v) is 5.98. The summed E-state index contributed by atoms with van der Waals surface area (Å²) in [6, 6.07) is 0.360. The minimum atomic E-state index is -2.81. The molecule has 0 aromatic heterocycles. The number of carbonyl (C=O) groups excluding carboxylic acids is 1. The monoisotopic (exact) mass is 273 g/mol. The number of amides is 1. The molecule has 0 aromatic rings. The van der Waals surface area contributed by atoms with Crippen LogP contribution in [0.25, 0.3) is 0 Å². The molecule has 18 heavy (non-hydrogen) atoms. The zero-order valence-electron chi connectivity index (χ0n) is 11.1. The van der Waals surface area contributed by atoms with Crippen LogP contribution in [0.1, 0.15) is 45.4 Å². The molecule has 2 saturated heterocycles. The second kappa shape index (κ2) is 5.59. The molecule has 1 unspecified atom stereocenters. The smallest absolute Gasteiger partial charge is 0.223 e. The van der Waals surface area contributed by atoms with Crippen LogP contribution in [0.4, 0.5) is 0 Å². The van der Waals surface area contributed by atoms with E-state index in [1.165, 1.54) is 6.42 Å². The van der Waals surface area contributed by atoms with E-state index in [1.807, 2.05) is 4.90 Å². The van der Waals surface area contributed by atoms with Gasteiger partial charge in [-0.25, -0.2) is 8.42 Å². The van der Waals surface area contributed by atoms with Crippen LogP contribution in [0.5, 0.6) is 0 Å². The van der Waals surface area contributed by atoms with E-state index in [9.17, 15) is 13.2 Å². The molecule has 0 saturated carbocycles. The first-order valence-corrected chi connectivity index (χ1v) is 8.80. The van der Waals surface area contributed by atoms with Crippen molar-refractivity contribution in [3.63, 3.8) is 0 Å². The number of nitrogens with zero attached hydrogens (tertiary/aromatic N) is 1. The summed E-state index contributed by atoms with van der Waals surface area (Å²) in [4.78, 5) is 14.2. The molecule has 0 bridgehead atoms. The molecule has 0 aliphatic carbocycles. The molecule has 104 valence electrons. The fourth-order valence-electron chi connectivity index (χ4n) is 2.98.